The Labute approximate surface area is 127 Å². The number of benzene rings is 1. The van der Waals surface area contributed by atoms with Gasteiger partial charge in [-0.1, -0.05) is 17.7 Å². The molecule has 1 aliphatic rings. The second kappa shape index (κ2) is 5.38. The van der Waals surface area contributed by atoms with Crippen LogP contribution in [0.15, 0.2) is 29.4 Å². The molecule has 0 unspecified atom stereocenters. The second-order valence-corrected chi connectivity index (χ2v) is 7.06. The largest absolute Gasteiger partial charge is 0.326 e. The topological polar surface area (TPSA) is 94.1 Å². The summed E-state index contributed by atoms with van der Waals surface area (Å²) in [5.74, 6) is 0.621. The lowest BCUT2D eigenvalue weighted by Crippen LogP contribution is -2.38. The highest BCUT2D eigenvalue weighted by atomic mass is 35.5. The number of nitrogens with zero attached hydrogens (tertiary/aromatic N) is 4. The van der Waals surface area contributed by atoms with Crippen LogP contribution in [0.25, 0.3) is 0 Å². The highest BCUT2D eigenvalue weighted by Gasteiger charge is 2.30. The van der Waals surface area contributed by atoms with E-state index >= 15 is 0 Å². The third-order valence-electron chi connectivity index (χ3n) is 3.45. The number of rotatable bonds is 3. The molecule has 2 aromatic rings. The Morgan fingerprint density at radius 3 is 2.90 bits per heavy atom. The minimum Gasteiger partial charge on any atom is -0.326 e. The van der Waals surface area contributed by atoms with Crippen molar-refractivity contribution in [2.75, 3.05) is 6.54 Å². The molecule has 0 bridgehead atoms. The van der Waals surface area contributed by atoms with Crippen LogP contribution in [0.3, 0.4) is 0 Å². The highest BCUT2D eigenvalue weighted by molar-refractivity contribution is 7.89. The summed E-state index contributed by atoms with van der Waals surface area (Å²) in [7, 11) is -3.68. The summed E-state index contributed by atoms with van der Waals surface area (Å²) in [5.41, 5.74) is 6.29. The van der Waals surface area contributed by atoms with E-state index in [-0.39, 0.29) is 23.0 Å². The summed E-state index contributed by atoms with van der Waals surface area (Å²) < 4.78 is 28.7. The third kappa shape index (κ3) is 2.55. The minimum absolute atomic E-state index is 0.0834. The molecule has 0 radical (unpaired) electrons. The predicted octanol–water partition coefficient (Wildman–Crippen LogP) is 0.595. The zero-order valence-corrected chi connectivity index (χ0v) is 12.7. The quantitative estimate of drug-likeness (QED) is 0.890. The molecule has 7 nitrogen and oxygen atoms in total. The molecule has 1 aromatic heterocycles. The van der Waals surface area contributed by atoms with Crippen molar-refractivity contribution < 1.29 is 8.42 Å². The van der Waals surface area contributed by atoms with Crippen molar-refractivity contribution in [3.05, 3.63) is 40.9 Å². The van der Waals surface area contributed by atoms with E-state index in [1.54, 1.807) is 18.5 Å². The number of nitrogens with two attached hydrogens (primary N) is 1. The van der Waals surface area contributed by atoms with Crippen LogP contribution in [0.2, 0.25) is 5.02 Å². The molecule has 1 aromatic carbocycles. The summed E-state index contributed by atoms with van der Waals surface area (Å²) in [6.07, 6.45) is 1.60. The molecule has 0 spiro atoms. The molecule has 2 N–H and O–H groups in total. The summed E-state index contributed by atoms with van der Waals surface area (Å²) >= 11 is 6.06. The van der Waals surface area contributed by atoms with Gasteiger partial charge < -0.3 is 10.3 Å². The maximum Gasteiger partial charge on any atom is 0.245 e. The first-order valence-corrected chi connectivity index (χ1v) is 8.19. The monoisotopic (exact) mass is 327 g/mol. The van der Waals surface area contributed by atoms with Crippen LogP contribution in [0.5, 0.6) is 0 Å². The van der Waals surface area contributed by atoms with E-state index < -0.39 is 10.0 Å². The van der Waals surface area contributed by atoms with Gasteiger partial charge in [0.25, 0.3) is 0 Å². The van der Waals surface area contributed by atoms with Crippen molar-refractivity contribution >= 4 is 21.6 Å². The fourth-order valence-corrected chi connectivity index (χ4v) is 4.17. The first-order valence-electron chi connectivity index (χ1n) is 6.37. The first kappa shape index (κ1) is 14.5. The maximum atomic E-state index is 12.8. The summed E-state index contributed by atoms with van der Waals surface area (Å²) in [5, 5.41) is 7.90. The van der Waals surface area contributed by atoms with Gasteiger partial charge in [0.1, 0.15) is 17.0 Å². The molecule has 0 saturated carbocycles. The molecule has 9 heteroatoms. The van der Waals surface area contributed by atoms with E-state index in [9.17, 15) is 8.42 Å². The molecule has 0 atom stereocenters. The molecule has 1 aliphatic heterocycles. The molecule has 2 heterocycles. The van der Waals surface area contributed by atoms with Crippen LogP contribution in [0, 0.1) is 0 Å². The van der Waals surface area contributed by atoms with Gasteiger partial charge in [-0.2, -0.15) is 4.31 Å². The van der Waals surface area contributed by atoms with E-state index in [0.29, 0.717) is 18.9 Å². The SMILES string of the molecule is NCc1ccc(Cl)c(S(=O)(=O)N2CCn3cnnc3C2)c1. The van der Waals surface area contributed by atoms with E-state index in [2.05, 4.69) is 10.2 Å². The molecule has 3 rings (SSSR count). The van der Waals surface area contributed by atoms with Gasteiger partial charge in [0, 0.05) is 19.6 Å². The van der Waals surface area contributed by atoms with Gasteiger partial charge in [-0.05, 0) is 17.7 Å². The molecule has 0 aliphatic carbocycles. The number of aromatic nitrogens is 3. The number of fused-ring (bicyclic) bond motifs is 1. The lowest BCUT2D eigenvalue weighted by Gasteiger charge is -2.26. The van der Waals surface area contributed by atoms with Crippen molar-refractivity contribution in [2.45, 2.75) is 24.5 Å². The third-order valence-corrected chi connectivity index (χ3v) is 5.78. The normalized spacial score (nSPS) is 15.9. The standard InChI is InChI=1S/C12H14ClN5O2S/c13-10-2-1-9(6-14)5-11(10)21(19,20)18-4-3-17-8-15-16-12(17)7-18/h1-2,5,8H,3-4,6-7,14H2. The fourth-order valence-electron chi connectivity index (χ4n) is 2.26. The molecule has 0 amide bonds. The van der Waals surface area contributed by atoms with Crippen molar-refractivity contribution in [3.63, 3.8) is 0 Å². The Balaban J connectivity index is 1.98. The van der Waals surface area contributed by atoms with Gasteiger partial charge in [0.2, 0.25) is 10.0 Å². The van der Waals surface area contributed by atoms with Crippen LogP contribution in [-0.2, 0) is 29.7 Å². The highest BCUT2D eigenvalue weighted by Crippen LogP contribution is 2.27. The Morgan fingerprint density at radius 2 is 2.14 bits per heavy atom. The smallest absolute Gasteiger partial charge is 0.245 e. The predicted molar refractivity (Wildman–Crippen MR) is 77.0 cm³/mol. The molecule has 112 valence electrons. The Morgan fingerprint density at radius 1 is 1.33 bits per heavy atom. The van der Waals surface area contributed by atoms with Gasteiger partial charge in [-0.3, -0.25) is 0 Å². The van der Waals surface area contributed by atoms with Crippen LogP contribution in [0.1, 0.15) is 11.4 Å². The van der Waals surface area contributed by atoms with E-state index in [4.69, 9.17) is 17.3 Å². The molecule has 21 heavy (non-hydrogen) atoms. The summed E-state index contributed by atoms with van der Waals surface area (Å²) in [6.45, 7) is 1.33. The number of hydrogen-bond acceptors (Lipinski definition) is 5. The summed E-state index contributed by atoms with van der Waals surface area (Å²) in [4.78, 5) is 0.0834. The van der Waals surface area contributed by atoms with Crippen molar-refractivity contribution in [1.29, 1.82) is 0 Å². The molecular weight excluding hydrogens is 314 g/mol. The average Bonchev–Trinajstić information content (AvgIpc) is 2.95. The van der Waals surface area contributed by atoms with E-state index in [1.165, 1.54) is 10.4 Å². The van der Waals surface area contributed by atoms with Crippen molar-refractivity contribution in [1.82, 2.24) is 19.1 Å². The number of hydrogen-bond donors (Lipinski definition) is 1. The molecule has 0 fully saturated rings. The Bertz CT molecular complexity index is 774. The lowest BCUT2D eigenvalue weighted by molar-refractivity contribution is 0.335. The van der Waals surface area contributed by atoms with Crippen molar-refractivity contribution in [3.8, 4) is 0 Å². The molecule has 0 saturated heterocycles. The minimum atomic E-state index is -3.68. The first-order chi connectivity index (χ1) is 10.0. The van der Waals surface area contributed by atoms with Crippen molar-refractivity contribution in [2.24, 2.45) is 5.73 Å². The zero-order chi connectivity index (χ0) is 15.0. The average molecular weight is 328 g/mol. The van der Waals surface area contributed by atoms with Gasteiger partial charge in [-0.15, -0.1) is 10.2 Å². The maximum absolute atomic E-state index is 12.8. The van der Waals surface area contributed by atoms with Crippen LogP contribution in [0.4, 0.5) is 0 Å². The fraction of sp³-hybridized carbons (Fsp3) is 0.333. The van der Waals surface area contributed by atoms with Gasteiger partial charge in [-0.25, -0.2) is 8.42 Å². The number of halogens is 1. The molecular formula is C12H14ClN5O2S. The van der Waals surface area contributed by atoms with Crippen LogP contribution in [-0.4, -0.2) is 34.0 Å². The van der Waals surface area contributed by atoms with Crippen LogP contribution >= 0.6 is 11.6 Å². The zero-order valence-electron chi connectivity index (χ0n) is 11.1. The number of sulfonamides is 1. The summed E-state index contributed by atoms with van der Waals surface area (Å²) in [6, 6.07) is 4.80. The Kier molecular flexibility index (Phi) is 3.70. The van der Waals surface area contributed by atoms with E-state index in [0.717, 1.165) is 5.56 Å². The lowest BCUT2D eigenvalue weighted by atomic mass is 10.2. The van der Waals surface area contributed by atoms with E-state index in [1.807, 2.05) is 4.57 Å². The van der Waals surface area contributed by atoms with Gasteiger partial charge in [0.15, 0.2) is 0 Å². The van der Waals surface area contributed by atoms with Crippen LogP contribution < -0.4 is 5.73 Å². The second-order valence-electron chi connectivity index (χ2n) is 4.75. The van der Waals surface area contributed by atoms with Gasteiger partial charge >= 0.3 is 0 Å². The van der Waals surface area contributed by atoms with Gasteiger partial charge in [0.05, 0.1) is 11.6 Å². The Hall–Kier alpha value is -1.48.